The summed E-state index contributed by atoms with van der Waals surface area (Å²) < 4.78 is 6.90. The predicted molar refractivity (Wildman–Crippen MR) is 112 cm³/mol. The molecule has 0 spiro atoms. The van der Waals surface area contributed by atoms with E-state index >= 15 is 0 Å². The molecule has 0 aliphatic rings. The van der Waals surface area contributed by atoms with Crippen LogP contribution in [0.25, 0.3) is 22.3 Å². The summed E-state index contributed by atoms with van der Waals surface area (Å²) in [7, 11) is 0. The number of nitrogens with two attached hydrogens (primary N) is 1. The van der Waals surface area contributed by atoms with E-state index in [2.05, 4.69) is 4.98 Å². The molecule has 3 aromatic carbocycles. The van der Waals surface area contributed by atoms with Crippen LogP contribution in [0.3, 0.4) is 0 Å². The van der Waals surface area contributed by atoms with E-state index in [1.165, 1.54) is 0 Å². The fraction of sp³-hybridized carbons (Fsp3) is 0.0476. The van der Waals surface area contributed by atoms with Crippen molar-refractivity contribution in [2.75, 3.05) is 5.84 Å². The highest BCUT2D eigenvalue weighted by atomic mass is 35.5. The fourth-order valence-corrected chi connectivity index (χ4v) is 3.34. The average molecular weight is 412 g/mol. The van der Waals surface area contributed by atoms with Gasteiger partial charge in [-0.15, -0.1) is 0 Å². The topological polar surface area (TPSA) is 70.1 Å². The normalized spacial score (nSPS) is 10.9. The number of halogens is 2. The van der Waals surface area contributed by atoms with Crippen molar-refractivity contribution in [3.63, 3.8) is 0 Å². The molecule has 5 nitrogen and oxygen atoms in total. The number of hydrogen-bond acceptors (Lipinski definition) is 4. The van der Waals surface area contributed by atoms with Crippen LogP contribution in [0.5, 0.6) is 5.75 Å². The third-order valence-corrected chi connectivity index (χ3v) is 4.90. The van der Waals surface area contributed by atoms with Gasteiger partial charge in [0.1, 0.15) is 12.4 Å². The summed E-state index contributed by atoms with van der Waals surface area (Å²) in [6.45, 7) is 0.278. The lowest BCUT2D eigenvalue weighted by molar-refractivity contribution is 0.306. The molecule has 1 aromatic heterocycles. The van der Waals surface area contributed by atoms with Gasteiger partial charge in [0.15, 0.2) is 5.82 Å². The second kappa shape index (κ2) is 7.54. The van der Waals surface area contributed by atoms with Crippen molar-refractivity contribution in [2.45, 2.75) is 6.61 Å². The van der Waals surface area contributed by atoms with Crippen LogP contribution in [0.1, 0.15) is 5.56 Å². The summed E-state index contributed by atoms with van der Waals surface area (Å²) in [6.07, 6.45) is 0. The van der Waals surface area contributed by atoms with Gasteiger partial charge in [0.2, 0.25) is 0 Å². The van der Waals surface area contributed by atoms with Gasteiger partial charge in [-0.2, -0.15) is 0 Å². The van der Waals surface area contributed by atoms with Crippen LogP contribution >= 0.6 is 23.2 Å². The maximum Gasteiger partial charge on any atom is 0.280 e. The molecule has 28 heavy (non-hydrogen) atoms. The van der Waals surface area contributed by atoms with Gasteiger partial charge in [0.25, 0.3) is 5.56 Å². The smallest absolute Gasteiger partial charge is 0.280 e. The van der Waals surface area contributed by atoms with E-state index in [0.29, 0.717) is 38.1 Å². The van der Waals surface area contributed by atoms with Gasteiger partial charge in [-0.1, -0.05) is 53.5 Å². The number of nitrogen functional groups attached to an aromatic ring is 1. The summed E-state index contributed by atoms with van der Waals surface area (Å²) in [4.78, 5) is 17.1. The van der Waals surface area contributed by atoms with E-state index in [-0.39, 0.29) is 12.2 Å². The number of rotatable bonds is 4. The van der Waals surface area contributed by atoms with Crippen LogP contribution in [0.4, 0.5) is 0 Å². The minimum Gasteiger partial charge on any atom is -0.489 e. The molecule has 0 amide bonds. The Hall–Kier alpha value is -3.02. The molecule has 7 heteroatoms. The molecule has 0 atom stereocenters. The van der Waals surface area contributed by atoms with Crippen LogP contribution in [0.15, 0.2) is 71.5 Å². The summed E-state index contributed by atoms with van der Waals surface area (Å²) in [5, 5.41) is 1.58. The van der Waals surface area contributed by atoms with Crippen molar-refractivity contribution >= 4 is 34.1 Å². The first-order valence-corrected chi connectivity index (χ1v) is 9.22. The Morgan fingerprint density at radius 2 is 1.82 bits per heavy atom. The highest BCUT2D eigenvalue weighted by Gasteiger charge is 2.11. The lowest BCUT2D eigenvalue weighted by atomic mass is 10.1. The molecule has 140 valence electrons. The zero-order chi connectivity index (χ0) is 19.7. The molecular formula is C21H15Cl2N3O2. The second-order valence-electron chi connectivity index (χ2n) is 6.18. The Morgan fingerprint density at radius 1 is 1.00 bits per heavy atom. The number of hydrogen-bond donors (Lipinski definition) is 1. The largest absolute Gasteiger partial charge is 0.489 e. The maximum atomic E-state index is 12.5. The molecule has 0 radical (unpaired) electrons. The molecule has 0 bridgehead atoms. The highest BCUT2D eigenvalue weighted by Crippen LogP contribution is 2.25. The molecule has 1 heterocycles. The molecule has 0 saturated carbocycles. The quantitative estimate of drug-likeness (QED) is 0.495. The molecule has 0 saturated heterocycles. The number of aromatic nitrogens is 2. The van der Waals surface area contributed by atoms with Crippen molar-refractivity contribution in [1.82, 2.24) is 9.66 Å². The Kier molecular flexibility index (Phi) is 4.94. The predicted octanol–water partition coefficient (Wildman–Crippen LogP) is 4.66. The number of para-hydroxylation sites is 1. The molecule has 0 aliphatic carbocycles. The monoisotopic (exact) mass is 411 g/mol. The zero-order valence-corrected chi connectivity index (χ0v) is 16.1. The van der Waals surface area contributed by atoms with Gasteiger partial charge in [-0.25, -0.2) is 9.66 Å². The van der Waals surface area contributed by atoms with E-state index < -0.39 is 0 Å². The van der Waals surface area contributed by atoms with E-state index in [0.717, 1.165) is 10.2 Å². The lowest BCUT2D eigenvalue weighted by Gasteiger charge is -2.12. The average Bonchev–Trinajstić information content (AvgIpc) is 2.70. The summed E-state index contributed by atoms with van der Waals surface area (Å²) in [5.74, 6) is 6.96. The third-order valence-electron chi connectivity index (χ3n) is 4.31. The molecular weight excluding hydrogens is 397 g/mol. The minimum absolute atomic E-state index is 0.278. The molecule has 0 fully saturated rings. The van der Waals surface area contributed by atoms with E-state index in [1.54, 1.807) is 36.4 Å². The van der Waals surface area contributed by atoms with Gasteiger partial charge in [-0.3, -0.25) is 4.79 Å². The minimum atomic E-state index is -0.306. The summed E-state index contributed by atoms with van der Waals surface area (Å²) >= 11 is 12.1. The van der Waals surface area contributed by atoms with Crippen LogP contribution < -0.4 is 16.1 Å². The molecule has 0 aliphatic heterocycles. The SMILES string of the molecule is Nn1c(-c2cccc(OCc3ccc(Cl)cc3Cl)c2)nc2ccccc2c1=O. The van der Waals surface area contributed by atoms with E-state index in [1.807, 2.05) is 30.3 Å². The molecule has 4 rings (SSSR count). The van der Waals surface area contributed by atoms with Gasteiger partial charge < -0.3 is 10.6 Å². The van der Waals surface area contributed by atoms with Crippen molar-refractivity contribution in [1.29, 1.82) is 0 Å². The van der Waals surface area contributed by atoms with Gasteiger partial charge in [-0.05, 0) is 36.4 Å². The summed E-state index contributed by atoms with van der Waals surface area (Å²) in [6, 6.07) is 19.6. The fourth-order valence-electron chi connectivity index (χ4n) is 2.87. The zero-order valence-electron chi connectivity index (χ0n) is 14.6. The van der Waals surface area contributed by atoms with Crippen LogP contribution in [0, 0.1) is 0 Å². The Balaban J connectivity index is 1.66. The molecule has 2 N–H and O–H groups in total. The van der Waals surface area contributed by atoms with E-state index in [9.17, 15) is 4.79 Å². The van der Waals surface area contributed by atoms with Crippen LogP contribution in [-0.2, 0) is 6.61 Å². The lowest BCUT2D eigenvalue weighted by Crippen LogP contribution is -2.29. The van der Waals surface area contributed by atoms with Gasteiger partial charge >= 0.3 is 0 Å². The van der Waals surface area contributed by atoms with Crippen molar-refractivity contribution in [2.24, 2.45) is 0 Å². The van der Waals surface area contributed by atoms with Gasteiger partial charge in [0.05, 0.1) is 10.9 Å². The maximum absolute atomic E-state index is 12.5. The van der Waals surface area contributed by atoms with E-state index in [4.69, 9.17) is 33.8 Å². The van der Waals surface area contributed by atoms with Crippen molar-refractivity contribution in [3.05, 3.63) is 92.7 Å². The molecule has 0 unspecified atom stereocenters. The Morgan fingerprint density at radius 3 is 2.64 bits per heavy atom. The first kappa shape index (κ1) is 18.3. The number of benzene rings is 3. The van der Waals surface area contributed by atoms with Crippen molar-refractivity contribution < 1.29 is 4.74 Å². The van der Waals surface area contributed by atoms with Crippen LogP contribution in [0.2, 0.25) is 10.0 Å². The number of fused-ring (bicyclic) bond motifs is 1. The standard InChI is InChI=1S/C21H15Cl2N3O2/c22-15-9-8-14(18(23)11-15)12-28-16-5-3-4-13(10-16)20-25-19-7-2-1-6-17(19)21(27)26(20)24/h1-11H,12,24H2. The Labute approximate surface area is 170 Å². The van der Waals surface area contributed by atoms with Gasteiger partial charge in [0, 0.05) is 21.2 Å². The highest BCUT2D eigenvalue weighted by molar-refractivity contribution is 6.35. The van der Waals surface area contributed by atoms with Crippen molar-refractivity contribution in [3.8, 4) is 17.1 Å². The number of nitrogens with zero attached hydrogens (tertiary/aromatic N) is 2. The van der Waals surface area contributed by atoms with Crippen LogP contribution in [-0.4, -0.2) is 9.66 Å². The first-order chi connectivity index (χ1) is 13.5. The Bertz CT molecular complexity index is 1240. The second-order valence-corrected chi connectivity index (χ2v) is 7.02. The number of ether oxygens (including phenoxy) is 1. The third kappa shape index (κ3) is 3.54. The first-order valence-electron chi connectivity index (χ1n) is 8.47. The molecule has 4 aromatic rings. The summed E-state index contributed by atoms with van der Waals surface area (Å²) in [5.41, 5.74) is 1.77.